The van der Waals surface area contributed by atoms with E-state index in [-0.39, 0.29) is 17.9 Å². The summed E-state index contributed by atoms with van der Waals surface area (Å²) in [5.74, 6) is -0.670. The number of carbonyl (C=O) groups excluding carboxylic acids is 5. The van der Waals surface area contributed by atoms with E-state index in [1.165, 1.54) is 43.4 Å². The Morgan fingerprint density at radius 1 is 0.477 bits per heavy atom. The van der Waals surface area contributed by atoms with Crippen LogP contribution in [0.3, 0.4) is 0 Å². The summed E-state index contributed by atoms with van der Waals surface area (Å²) in [4.78, 5) is 106. The number of nitrogens with zero attached hydrogens (tertiary/aromatic N) is 11. The molecule has 6 aromatic carbocycles. The van der Waals surface area contributed by atoms with Crippen molar-refractivity contribution in [3.05, 3.63) is 245 Å². The van der Waals surface area contributed by atoms with Crippen LogP contribution in [-0.2, 0) is 42.5 Å². The molecule has 0 saturated carbocycles. The van der Waals surface area contributed by atoms with Crippen molar-refractivity contribution >= 4 is 125 Å². The van der Waals surface area contributed by atoms with E-state index in [9.17, 15) is 43.2 Å². The standard InChI is InChI=1S/C19H23N3O4.C17H19N3O3.C14H15N3O2.C13H17IN2O3.C9H7IN2O2.C7H4ClIO/c1-19(2,3)26-18(24)22-11-9-14(10-12-22)13-5-7-15(8-6-13)16-20-21(4)17(23)25-16;1-3-15(21)20-10-8-13(9-11-20)12-4-6-14(7-5-12)16-18-19(2)17(22)23-16;1-17-14(18)19-13(16-17)12-4-2-10(3-5-12)11-6-8-15-9-7-11;1-13(2,3)19-12(18)16(4)15-11(17)9-5-7-10(14)8-6-9;1-12-9(13)14-8(11-12)6-2-4-7(10)5-3-6;8-7(10)5-1-3-6(9)4-2-5/h5-9H,10-12H2,1-4H3;4-8H,3,9-11H2,1-2H3;2-6,15H,7-9H2,1H3;5-8H,1-4H3,(H,15,17);2-5H,1H3;1-4H. The molecule has 4 amide bonds. The summed E-state index contributed by atoms with van der Waals surface area (Å²) in [5.41, 5.74) is 12.7. The van der Waals surface area contributed by atoms with Crippen molar-refractivity contribution in [1.82, 2.24) is 64.7 Å². The highest BCUT2D eigenvalue weighted by Gasteiger charge is 2.26. The number of halogens is 4. The van der Waals surface area contributed by atoms with Crippen LogP contribution in [0, 0.1) is 10.7 Å². The van der Waals surface area contributed by atoms with Gasteiger partial charge in [-0.2, -0.15) is 18.7 Å². The first-order valence-corrected chi connectivity index (χ1v) is 38.5. The number of nitrogens with one attached hydrogen (secondary N) is 2. The molecule has 10 aromatic rings. The van der Waals surface area contributed by atoms with Crippen LogP contribution in [0.5, 0.6) is 0 Å². The zero-order valence-corrected chi connectivity index (χ0v) is 70.4. The number of aryl methyl sites for hydroxylation is 4. The highest BCUT2D eigenvalue weighted by atomic mass is 127. The van der Waals surface area contributed by atoms with Crippen LogP contribution in [0.1, 0.15) is 112 Å². The summed E-state index contributed by atoms with van der Waals surface area (Å²) < 4.78 is 38.7. The lowest BCUT2D eigenvalue weighted by atomic mass is 9.98. The molecule has 28 nitrogen and oxygen atoms in total. The number of hydrazine groups is 1. The number of hydrogen-bond acceptors (Lipinski definition) is 20. The maximum Gasteiger partial charge on any atom is 0.437 e. The molecule has 2 N–H and O–H groups in total. The Morgan fingerprint density at radius 3 is 1.10 bits per heavy atom. The molecule has 0 saturated heterocycles. The normalized spacial score (nSPS) is 13.2. The predicted molar refractivity (Wildman–Crippen MR) is 447 cm³/mol. The molecule has 3 aliphatic rings. The van der Waals surface area contributed by atoms with Gasteiger partial charge in [-0.1, -0.05) is 61.5 Å². The molecule has 4 aromatic heterocycles. The number of amides is 4. The highest BCUT2D eigenvalue weighted by molar-refractivity contribution is 14.1. The van der Waals surface area contributed by atoms with Gasteiger partial charge in [-0.15, -0.1) is 20.4 Å². The van der Waals surface area contributed by atoms with E-state index in [0.29, 0.717) is 60.7 Å². The van der Waals surface area contributed by atoms with Crippen LogP contribution in [0.15, 0.2) is 201 Å². The summed E-state index contributed by atoms with van der Waals surface area (Å²) in [6.07, 6.45) is 8.67. The number of hydrogen-bond donors (Lipinski definition) is 2. The minimum atomic E-state index is -0.605. The molecular formula is C79H85ClI3N13O15. The van der Waals surface area contributed by atoms with Gasteiger partial charge in [0.15, 0.2) is 0 Å². The Bertz CT molecular complexity index is 5200. The monoisotopic (exact) mass is 1870 g/mol. The van der Waals surface area contributed by atoms with Crippen LogP contribution in [0.2, 0.25) is 0 Å². The first-order valence-electron chi connectivity index (χ1n) is 34.9. The van der Waals surface area contributed by atoms with E-state index in [4.69, 9.17) is 38.7 Å². The van der Waals surface area contributed by atoms with Gasteiger partial charge in [-0.3, -0.25) is 19.8 Å². The fourth-order valence-corrected chi connectivity index (χ4v) is 11.6. The summed E-state index contributed by atoms with van der Waals surface area (Å²) >= 11 is 11.7. The first kappa shape index (κ1) is 86.5. The fraction of sp³-hybridized carbons (Fsp3) is 0.304. The van der Waals surface area contributed by atoms with Crippen LogP contribution in [0.4, 0.5) is 9.59 Å². The van der Waals surface area contributed by atoms with Crippen molar-refractivity contribution < 1.29 is 51.1 Å². The number of aromatic nitrogens is 8. The second-order valence-electron chi connectivity index (χ2n) is 27.0. The lowest BCUT2D eigenvalue weighted by Gasteiger charge is -2.29. The molecule has 7 heterocycles. The summed E-state index contributed by atoms with van der Waals surface area (Å²) in [6, 6.07) is 45.2. The average molecular weight is 1870 g/mol. The fourth-order valence-electron chi connectivity index (χ4n) is 10.4. The molecule has 0 spiro atoms. The minimum absolute atomic E-state index is 0.195. The van der Waals surface area contributed by atoms with Gasteiger partial charge in [-0.25, -0.2) is 33.8 Å². The summed E-state index contributed by atoms with van der Waals surface area (Å²) in [7, 11) is 7.68. The van der Waals surface area contributed by atoms with Gasteiger partial charge >= 0.3 is 35.2 Å². The SMILES string of the molecule is CCC(=O)N1CC=C(c2ccc(-c3nn(C)c(=O)o3)cc2)CC1.CN(NC(=O)c1ccc(I)cc1)C(=O)OC(C)(C)C.Cn1nc(-c2ccc(C3=CCN(C(=O)OC(C)(C)C)CC3)cc2)oc1=O.Cn1nc(-c2ccc(C3=CCNCC3)cc2)oc1=O.Cn1nc(-c2ccc(I)cc2)oc1=O.O=C(Cl)c1ccc(I)cc1. The molecule has 13 rings (SSSR count). The van der Waals surface area contributed by atoms with E-state index >= 15 is 0 Å². The zero-order valence-electron chi connectivity index (χ0n) is 63.2. The van der Waals surface area contributed by atoms with E-state index in [1.54, 1.807) is 78.1 Å². The van der Waals surface area contributed by atoms with Crippen molar-refractivity contribution in [2.45, 2.75) is 85.4 Å². The second kappa shape index (κ2) is 40.2. The number of ether oxygens (including phenoxy) is 2. The van der Waals surface area contributed by atoms with E-state index in [1.807, 2.05) is 160 Å². The Balaban J connectivity index is 0.000000171. The lowest BCUT2D eigenvalue weighted by Crippen LogP contribution is -2.45. The average Bonchev–Trinajstić information content (AvgIpc) is 1.77. The molecule has 0 bridgehead atoms. The zero-order chi connectivity index (χ0) is 80.9. The third-order valence-corrected chi connectivity index (χ3v) is 18.6. The minimum Gasteiger partial charge on any atom is -0.444 e. The summed E-state index contributed by atoms with van der Waals surface area (Å²) in [5, 5.41) is 20.0. The van der Waals surface area contributed by atoms with Crippen molar-refractivity contribution in [3.63, 3.8) is 0 Å². The highest BCUT2D eigenvalue weighted by Crippen LogP contribution is 2.29. The van der Waals surface area contributed by atoms with Crippen LogP contribution >= 0.6 is 79.4 Å². The first-order chi connectivity index (χ1) is 52.6. The van der Waals surface area contributed by atoms with Crippen LogP contribution in [0.25, 0.3) is 62.5 Å². The van der Waals surface area contributed by atoms with Gasteiger partial charge in [0, 0.05) is 118 Å². The van der Waals surface area contributed by atoms with Crippen molar-refractivity contribution in [2.75, 3.05) is 46.3 Å². The Labute approximate surface area is 685 Å². The lowest BCUT2D eigenvalue weighted by molar-refractivity contribution is -0.130. The molecule has 0 fully saturated rings. The van der Waals surface area contributed by atoms with Crippen LogP contribution in [-0.4, -0.2) is 141 Å². The Hall–Kier alpha value is -10.1. The number of carbonyl (C=O) groups is 5. The maximum atomic E-state index is 12.1. The van der Waals surface area contributed by atoms with Gasteiger partial charge in [0.1, 0.15) is 11.2 Å². The van der Waals surface area contributed by atoms with Gasteiger partial charge in [0.25, 0.3) is 11.1 Å². The topological polar surface area (TPSA) is 330 Å². The largest absolute Gasteiger partial charge is 0.444 e. The summed E-state index contributed by atoms with van der Waals surface area (Å²) in [6.45, 7) is 17.3. The van der Waals surface area contributed by atoms with Crippen LogP contribution < -0.4 is 33.8 Å². The third kappa shape index (κ3) is 26.5. The molecule has 584 valence electrons. The van der Waals surface area contributed by atoms with Gasteiger partial charge < -0.3 is 42.3 Å². The van der Waals surface area contributed by atoms with E-state index < -0.39 is 45.6 Å². The van der Waals surface area contributed by atoms with Crippen molar-refractivity contribution in [2.24, 2.45) is 28.2 Å². The Kier molecular flexibility index (Phi) is 31.3. The van der Waals surface area contributed by atoms with Gasteiger partial charge in [0.2, 0.25) is 29.5 Å². The van der Waals surface area contributed by atoms with Crippen molar-refractivity contribution in [1.29, 1.82) is 0 Å². The van der Waals surface area contributed by atoms with Gasteiger partial charge in [-0.05, 0) is 289 Å². The third-order valence-electron chi connectivity index (χ3n) is 16.3. The molecule has 32 heteroatoms. The number of benzene rings is 6. The molecule has 3 aliphatic heterocycles. The number of rotatable bonds is 10. The molecule has 111 heavy (non-hydrogen) atoms. The quantitative estimate of drug-likeness (QED) is 0.0729. The predicted octanol–water partition coefficient (Wildman–Crippen LogP) is 13.7. The molecule has 0 aliphatic carbocycles. The van der Waals surface area contributed by atoms with E-state index in [2.05, 4.69) is 111 Å². The molecule has 0 radical (unpaired) electrons. The maximum absolute atomic E-state index is 12.1. The second-order valence-corrected chi connectivity index (χ2v) is 31.0. The molecular weight excluding hydrogens is 1790 g/mol. The molecule has 0 atom stereocenters. The smallest absolute Gasteiger partial charge is 0.437 e. The van der Waals surface area contributed by atoms with Crippen molar-refractivity contribution in [3.8, 4) is 45.8 Å². The Morgan fingerprint density at radius 2 is 0.802 bits per heavy atom. The molecule has 0 unspecified atom stereocenters. The van der Waals surface area contributed by atoms with Gasteiger partial charge in [0.05, 0.1) is 0 Å². The van der Waals surface area contributed by atoms with E-state index in [0.717, 1.165) is 92.7 Å².